The predicted molar refractivity (Wildman–Crippen MR) is 93.2 cm³/mol. The number of carbonyl (C=O) groups is 1. The first-order valence-corrected chi connectivity index (χ1v) is 8.15. The van der Waals surface area contributed by atoms with Crippen LogP contribution in [-0.4, -0.2) is 31.4 Å². The van der Waals surface area contributed by atoms with Crippen molar-refractivity contribution in [2.75, 3.05) is 13.7 Å². The Morgan fingerprint density at radius 2 is 2.04 bits per heavy atom. The molecule has 1 atom stereocenters. The van der Waals surface area contributed by atoms with Crippen LogP contribution in [-0.2, 0) is 11.3 Å². The average molecular weight is 343 g/mol. The van der Waals surface area contributed by atoms with Gasteiger partial charge in [-0.3, -0.25) is 0 Å². The van der Waals surface area contributed by atoms with E-state index in [0.717, 1.165) is 12.0 Å². The smallest absolute Gasteiger partial charge is 0.407 e. The summed E-state index contributed by atoms with van der Waals surface area (Å²) in [5, 5.41) is 6.77. The number of nitrogens with one attached hydrogen (secondary N) is 2. The van der Waals surface area contributed by atoms with Gasteiger partial charge in [0.2, 0.25) is 0 Å². The van der Waals surface area contributed by atoms with E-state index in [1.165, 1.54) is 0 Å². The highest BCUT2D eigenvalue weighted by Crippen LogP contribution is 2.24. The van der Waals surface area contributed by atoms with Gasteiger partial charge in [0.15, 0.2) is 0 Å². The van der Waals surface area contributed by atoms with Gasteiger partial charge >= 0.3 is 6.09 Å². The van der Waals surface area contributed by atoms with E-state index in [2.05, 4.69) is 10.6 Å². The van der Waals surface area contributed by atoms with Gasteiger partial charge in [0.05, 0.1) is 12.1 Å². The molecule has 0 saturated heterocycles. The standard InChI is InChI=1S/C17H27ClN2O3/c1-6-13(20-16(21)23-17(2,3)4)11-19-10-12-7-8-15(22-5)14(18)9-12/h7-9,13,19H,6,10-11H2,1-5H3,(H,20,21). The largest absolute Gasteiger partial charge is 0.495 e. The Kier molecular flexibility index (Phi) is 7.65. The fraction of sp³-hybridized carbons (Fsp3) is 0.588. The molecule has 1 aromatic carbocycles. The molecule has 0 aliphatic carbocycles. The highest BCUT2D eigenvalue weighted by atomic mass is 35.5. The van der Waals surface area contributed by atoms with Crippen LogP contribution >= 0.6 is 11.6 Å². The summed E-state index contributed by atoms with van der Waals surface area (Å²) in [4.78, 5) is 11.8. The number of benzene rings is 1. The predicted octanol–water partition coefficient (Wildman–Crippen LogP) is 3.74. The van der Waals surface area contributed by atoms with Crippen molar-refractivity contribution < 1.29 is 14.3 Å². The normalized spacial score (nSPS) is 12.6. The van der Waals surface area contributed by atoms with Gasteiger partial charge in [-0.25, -0.2) is 4.79 Å². The molecule has 0 aliphatic rings. The Morgan fingerprint density at radius 3 is 2.57 bits per heavy atom. The maximum atomic E-state index is 11.8. The molecule has 0 fully saturated rings. The van der Waals surface area contributed by atoms with E-state index in [9.17, 15) is 4.79 Å². The highest BCUT2D eigenvalue weighted by Gasteiger charge is 2.18. The Hall–Kier alpha value is -1.46. The molecule has 0 saturated carbocycles. The third-order valence-electron chi connectivity index (χ3n) is 3.15. The SMILES string of the molecule is CCC(CNCc1ccc(OC)c(Cl)c1)NC(=O)OC(C)(C)C. The fourth-order valence-electron chi connectivity index (χ4n) is 1.98. The molecule has 1 aromatic rings. The molecular weight excluding hydrogens is 316 g/mol. The van der Waals surface area contributed by atoms with E-state index in [1.807, 2.05) is 45.9 Å². The van der Waals surface area contributed by atoms with Gasteiger partial charge in [-0.05, 0) is 44.9 Å². The number of amides is 1. The Balaban J connectivity index is 2.43. The molecule has 23 heavy (non-hydrogen) atoms. The van der Waals surface area contributed by atoms with Crippen LogP contribution < -0.4 is 15.4 Å². The van der Waals surface area contributed by atoms with Crippen molar-refractivity contribution >= 4 is 17.7 Å². The van der Waals surface area contributed by atoms with Crippen molar-refractivity contribution in [2.45, 2.75) is 52.3 Å². The summed E-state index contributed by atoms with van der Waals surface area (Å²) >= 11 is 6.10. The number of rotatable bonds is 7. The minimum atomic E-state index is -0.490. The van der Waals surface area contributed by atoms with Gasteiger partial charge in [0.25, 0.3) is 0 Å². The number of halogens is 1. The van der Waals surface area contributed by atoms with E-state index in [1.54, 1.807) is 7.11 Å². The molecule has 5 nitrogen and oxygen atoms in total. The Labute approximate surface area is 143 Å². The molecule has 0 bridgehead atoms. The van der Waals surface area contributed by atoms with Crippen molar-refractivity contribution in [1.29, 1.82) is 0 Å². The zero-order chi connectivity index (χ0) is 17.5. The maximum Gasteiger partial charge on any atom is 0.407 e. The third-order valence-corrected chi connectivity index (χ3v) is 3.45. The topological polar surface area (TPSA) is 59.6 Å². The summed E-state index contributed by atoms with van der Waals surface area (Å²) in [5.41, 5.74) is 0.568. The summed E-state index contributed by atoms with van der Waals surface area (Å²) in [6.45, 7) is 8.88. The molecule has 0 radical (unpaired) electrons. The second-order valence-electron chi connectivity index (χ2n) is 6.35. The summed E-state index contributed by atoms with van der Waals surface area (Å²) in [5.74, 6) is 0.661. The van der Waals surface area contributed by atoms with Crippen LogP contribution in [0.2, 0.25) is 5.02 Å². The lowest BCUT2D eigenvalue weighted by Gasteiger charge is -2.23. The van der Waals surface area contributed by atoms with Crippen LogP contribution in [0.3, 0.4) is 0 Å². The highest BCUT2D eigenvalue weighted by molar-refractivity contribution is 6.32. The van der Waals surface area contributed by atoms with E-state index in [-0.39, 0.29) is 6.04 Å². The van der Waals surface area contributed by atoms with Crippen LogP contribution in [0.5, 0.6) is 5.75 Å². The van der Waals surface area contributed by atoms with E-state index in [0.29, 0.717) is 23.9 Å². The van der Waals surface area contributed by atoms with Gasteiger partial charge < -0.3 is 20.1 Å². The molecule has 1 amide bonds. The summed E-state index contributed by atoms with van der Waals surface area (Å²) in [6.07, 6.45) is 0.425. The van der Waals surface area contributed by atoms with E-state index in [4.69, 9.17) is 21.1 Å². The van der Waals surface area contributed by atoms with Gasteiger partial charge in [0.1, 0.15) is 11.4 Å². The van der Waals surface area contributed by atoms with Crippen molar-refractivity contribution in [2.24, 2.45) is 0 Å². The van der Waals surface area contributed by atoms with Crippen molar-refractivity contribution in [3.05, 3.63) is 28.8 Å². The van der Waals surface area contributed by atoms with Crippen LogP contribution in [0.1, 0.15) is 39.7 Å². The van der Waals surface area contributed by atoms with Crippen LogP contribution in [0.25, 0.3) is 0 Å². The second kappa shape index (κ2) is 8.99. The molecule has 0 spiro atoms. The molecule has 1 rings (SSSR count). The molecule has 130 valence electrons. The molecule has 0 aliphatic heterocycles. The first kappa shape index (κ1) is 19.6. The van der Waals surface area contributed by atoms with Gasteiger partial charge in [0, 0.05) is 19.1 Å². The maximum absolute atomic E-state index is 11.8. The van der Waals surface area contributed by atoms with Gasteiger partial charge in [-0.1, -0.05) is 24.6 Å². The fourth-order valence-corrected chi connectivity index (χ4v) is 2.26. The lowest BCUT2D eigenvalue weighted by Crippen LogP contribution is -2.43. The number of ether oxygens (including phenoxy) is 2. The monoisotopic (exact) mass is 342 g/mol. The molecule has 0 aromatic heterocycles. The molecule has 1 unspecified atom stereocenters. The van der Waals surface area contributed by atoms with Gasteiger partial charge in [-0.2, -0.15) is 0 Å². The Bertz CT molecular complexity index is 515. The van der Waals surface area contributed by atoms with E-state index >= 15 is 0 Å². The average Bonchev–Trinajstić information content (AvgIpc) is 2.44. The minimum absolute atomic E-state index is 0.0126. The lowest BCUT2D eigenvalue weighted by atomic mass is 10.2. The zero-order valence-corrected chi connectivity index (χ0v) is 15.3. The summed E-state index contributed by atoms with van der Waals surface area (Å²) < 4.78 is 10.4. The van der Waals surface area contributed by atoms with Crippen LogP contribution in [0.4, 0.5) is 4.79 Å². The second-order valence-corrected chi connectivity index (χ2v) is 6.76. The van der Waals surface area contributed by atoms with Crippen molar-refractivity contribution in [1.82, 2.24) is 10.6 Å². The molecular formula is C17H27ClN2O3. The van der Waals surface area contributed by atoms with Gasteiger partial charge in [-0.15, -0.1) is 0 Å². The van der Waals surface area contributed by atoms with Crippen LogP contribution in [0, 0.1) is 0 Å². The number of carbonyl (C=O) groups excluding carboxylic acids is 1. The van der Waals surface area contributed by atoms with E-state index < -0.39 is 11.7 Å². The first-order valence-electron chi connectivity index (χ1n) is 7.77. The molecule has 6 heteroatoms. The zero-order valence-electron chi connectivity index (χ0n) is 14.5. The molecule has 2 N–H and O–H groups in total. The number of hydrogen-bond donors (Lipinski definition) is 2. The van der Waals surface area contributed by atoms with Crippen molar-refractivity contribution in [3.63, 3.8) is 0 Å². The third kappa shape index (κ3) is 7.57. The number of methoxy groups -OCH3 is 1. The molecule has 0 heterocycles. The number of hydrogen-bond acceptors (Lipinski definition) is 4. The first-order chi connectivity index (χ1) is 10.7. The quantitative estimate of drug-likeness (QED) is 0.792. The van der Waals surface area contributed by atoms with Crippen LogP contribution in [0.15, 0.2) is 18.2 Å². The minimum Gasteiger partial charge on any atom is -0.495 e. The summed E-state index contributed by atoms with van der Waals surface area (Å²) in [6, 6.07) is 5.68. The van der Waals surface area contributed by atoms with Crippen molar-refractivity contribution in [3.8, 4) is 5.75 Å². The lowest BCUT2D eigenvalue weighted by molar-refractivity contribution is 0.0502. The summed E-state index contributed by atoms with van der Waals surface area (Å²) in [7, 11) is 1.59. The Morgan fingerprint density at radius 1 is 1.35 bits per heavy atom. The number of alkyl carbamates (subject to hydrolysis) is 1.